The maximum atomic E-state index is 12.2. The Morgan fingerprint density at radius 1 is 1.07 bits per heavy atom. The highest BCUT2D eigenvalue weighted by molar-refractivity contribution is 6.02. The van der Waals surface area contributed by atoms with Gasteiger partial charge in [-0.05, 0) is 74.7 Å². The first-order valence-electron chi connectivity index (χ1n) is 9.66. The Bertz CT molecular complexity index is 1060. The van der Waals surface area contributed by atoms with E-state index in [0.29, 0.717) is 18.1 Å². The van der Waals surface area contributed by atoms with Gasteiger partial charge in [-0.25, -0.2) is 0 Å². The van der Waals surface area contributed by atoms with Gasteiger partial charge in [0.25, 0.3) is 0 Å². The maximum Gasteiger partial charge on any atom is 0.248 e. The standard InChI is InChI=1S/C24H26N2O4/c1-15-6-9-20(12-16(15)2)25-24(27)11-8-19-7-10-22(23(13-19)28-5)29-14-21-17(3)26-30-18(21)4/h6-13H,14H2,1-5H3,(H,25,27). The van der Waals surface area contributed by atoms with Crippen molar-refractivity contribution in [2.45, 2.75) is 34.3 Å². The number of benzene rings is 2. The minimum Gasteiger partial charge on any atom is -0.493 e. The second-order valence-corrected chi connectivity index (χ2v) is 7.12. The summed E-state index contributed by atoms with van der Waals surface area (Å²) in [6, 6.07) is 11.3. The Hall–Kier alpha value is -3.54. The van der Waals surface area contributed by atoms with E-state index in [9.17, 15) is 4.79 Å². The van der Waals surface area contributed by atoms with E-state index < -0.39 is 0 Å². The van der Waals surface area contributed by atoms with Crippen molar-refractivity contribution in [1.29, 1.82) is 0 Å². The van der Waals surface area contributed by atoms with Gasteiger partial charge in [0.15, 0.2) is 11.5 Å². The molecule has 0 atom stereocenters. The van der Waals surface area contributed by atoms with E-state index >= 15 is 0 Å². The predicted octanol–water partition coefficient (Wildman–Crippen LogP) is 5.15. The van der Waals surface area contributed by atoms with Gasteiger partial charge in [-0.1, -0.05) is 17.3 Å². The molecule has 0 fully saturated rings. The van der Waals surface area contributed by atoms with Crippen LogP contribution in [0.2, 0.25) is 0 Å². The summed E-state index contributed by atoms with van der Waals surface area (Å²) in [5.74, 6) is 1.73. The molecule has 6 heteroatoms. The summed E-state index contributed by atoms with van der Waals surface area (Å²) in [6.07, 6.45) is 3.23. The Kier molecular flexibility index (Phi) is 6.57. The molecule has 0 spiro atoms. The molecule has 30 heavy (non-hydrogen) atoms. The van der Waals surface area contributed by atoms with Crippen LogP contribution in [0.5, 0.6) is 11.5 Å². The van der Waals surface area contributed by atoms with Crippen molar-refractivity contribution in [3.63, 3.8) is 0 Å². The zero-order valence-corrected chi connectivity index (χ0v) is 17.9. The third-order valence-electron chi connectivity index (χ3n) is 4.94. The van der Waals surface area contributed by atoms with Crippen molar-refractivity contribution in [3.8, 4) is 11.5 Å². The summed E-state index contributed by atoms with van der Waals surface area (Å²) in [5, 5.41) is 6.80. The molecule has 0 bridgehead atoms. The van der Waals surface area contributed by atoms with Gasteiger partial charge in [0, 0.05) is 11.8 Å². The first-order valence-corrected chi connectivity index (χ1v) is 9.66. The van der Waals surface area contributed by atoms with E-state index in [-0.39, 0.29) is 5.91 Å². The monoisotopic (exact) mass is 406 g/mol. The molecule has 0 saturated carbocycles. The van der Waals surface area contributed by atoms with Crippen LogP contribution in [0.25, 0.3) is 6.08 Å². The number of nitrogens with one attached hydrogen (secondary N) is 1. The third kappa shape index (κ3) is 5.08. The van der Waals surface area contributed by atoms with Crippen LogP contribution in [-0.2, 0) is 11.4 Å². The van der Waals surface area contributed by atoms with Crippen LogP contribution >= 0.6 is 0 Å². The van der Waals surface area contributed by atoms with Gasteiger partial charge in [-0.3, -0.25) is 4.79 Å². The molecule has 0 aliphatic rings. The fraction of sp³-hybridized carbons (Fsp3) is 0.250. The fourth-order valence-corrected chi connectivity index (χ4v) is 2.94. The van der Waals surface area contributed by atoms with Crippen molar-refractivity contribution in [1.82, 2.24) is 5.16 Å². The smallest absolute Gasteiger partial charge is 0.248 e. The Morgan fingerprint density at radius 3 is 2.53 bits per heavy atom. The molecule has 0 aliphatic carbocycles. The molecular formula is C24H26N2O4. The zero-order chi connectivity index (χ0) is 21.7. The molecule has 1 heterocycles. The van der Waals surface area contributed by atoms with E-state index in [1.165, 1.54) is 11.6 Å². The average molecular weight is 406 g/mol. The molecule has 1 N–H and O–H groups in total. The molecule has 0 aliphatic heterocycles. The normalized spacial score (nSPS) is 11.0. The van der Waals surface area contributed by atoms with Crippen molar-refractivity contribution in [3.05, 3.63) is 76.2 Å². The first kappa shape index (κ1) is 21.2. The number of ether oxygens (including phenoxy) is 2. The number of aryl methyl sites for hydroxylation is 4. The summed E-state index contributed by atoms with van der Waals surface area (Å²) < 4.78 is 16.5. The lowest BCUT2D eigenvalue weighted by Gasteiger charge is -2.11. The minimum absolute atomic E-state index is 0.198. The van der Waals surface area contributed by atoms with Gasteiger partial charge in [0.2, 0.25) is 5.91 Å². The number of rotatable bonds is 7. The molecule has 6 nitrogen and oxygen atoms in total. The Labute approximate surface area is 176 Å². The van der Waals surface area contributed by atoms with E-state index in [1.807, 2.05) is 64.1 Å². The van der Waals surface area contributed by atoms with E-state index in [2.05, 4.69) is 10.5 Å². The molecule has 0 unspecified atom stereocenters. The predicted molar refractivity (Wildman–Crippen MR) is 117 cm³/mol. The lowest BCUT2D eigenvalue weighted by Crippen LogP contribution is -2.07. The highest BCUT2D eigenvalue weighted by Gasteiger charge is 2.12. The number of carbonyl (C=O) groups is 1. The Morgan fingerprint density at radius 2 is 1.87 bits per heavy atom. The molecule has 3 aromatic rings. The van der Waals surface area contributed by atoms with Crippen LogP contribution in [0.15, 0.2) is 47.0 Å². The number of hydrogen-bond acceptors (Lipinski definition) is 5. The first-order chi connectivity index (χ1) is 14.4. The summed E-state index contributed by atoms with van der Waals surface area (Å²) in [5.41, 5.74) is 5.64. The molecule has 156 valence electrons. The fourth-order valence-electron chi connectivity index (χ4n) is 2.94. The van der Waals surface area contributed by atoms with Gasteiger partial charge in [0.05, 0.1) is 18.4 Å². The van der Waals surface area contributed by atoms with Crippen LogP contribution in [-0.4, -0.2) is 18.2 Å². The molecule has 1 aromatic heterocycles. The quantitative estimate of drug-likeness (QED) is 0.550. The molecule has 3 rings (SSSR count). The lowest BCUT2D eigenvalue weighted by atomic mass is 10.1. The highest BCUT2D eigenvalue weighted by Crippen LogP contribution is 2.30. The van der Waals surface area contributed by atoms with Crippen LogP contribution in [0.1, 0.15) is 33.7 Å². The van der Waals surface area contributed by atoms with Crippen LogP contribution in [0, 0.1) is 27.7 Å². The molecular weight excluding hydrogens is 380 g/mol. The van der Waals surface area contributed by atoms with Crippen LogP contribution < -0.4 is 14.8 Å². The van der Waals surface area contributed by atoms with Crippen molar-refractivity contribution in [2.24, 2.45) is 0 Å². The number of methoxy groups -OCH3 is 1. The number of carbonyl (C=O) groups excluding carboxylic acids is 1. The number of nitrogens with zero attached hydrogens (tertiary/aromatic N) is 1. The molecule has 2 aromatic carbocycles. The van der Waals surface area contributed by atoms with Gasteiger partial charge >= 0.3 is 0 Å². The van der Waals surface area contributed by atoms with Crippen molar-refractivity contribution < 1.29 is 18.8 Å². The topological polar surface area (TPSA) is 73.6 Å². The second-order valence-electron chi connectivity index (χ2n) is 7.12. The number of aromatic nitrogens is 1. The minimum atomic E-state index is -0.198. The Balaban J connectivity index is 1.66. The summed E-state index contributed by atoms with van der Waals surface area (Å²) in [7, 11) is 1.58. The number of amides is 1. The average Bonchev–Trinajstić information content (AvgIpc) is 3.05. The summed E-state index contributed by atoms with van der Waals surface area (Å²) in [4.78, 5) is 12.2. The lowest BCUT2D eigenvalue weighted by molar-refractivity contribution is -0.111. The maximum absolute atomic E-state index is 12.2. The number of anilines is 1. The molecule has 1 amide bonds. The molecule has 0 radical (unpaired) electrons. The summed E-state index contributed by atoms with van der Waals surface area (Å²) >= 11 is 0. The van der Waals surface area contributed by atoms with Gasteiger partial charge in [-0.15, -0.1) is 0 Å². The highest BCUT2D eigenvalue weighted by atomic mass is 16.5. The number of hydrogen-bond donors (Lipinski definition) is 1. The van der Waals surface area contributed by atoms with Crippen molar-refractivity contribution in [2.75, 3.05) is 12.4 Å². The van der Waals surface area contributed by atoms with E-state index in [4.69, 9.17) is 14.0 Å². The second kappa shape index (κ2) is 9.31. The van der Waals surface area contributed by atoms with Gasteiger partial charge in [-0.2, -0.15) is 0 Å². The summed E-state index contributed by atoms with van der Waals surface area (Å²) in [6.45, 7) is 8.12. The van der Waals surface area contributed by atoms with Crippen molar-refractivity contribution >= 4 is 17.7 Å². The molecule has 0 saturated heterocycles. The largest absolute Gasteiger partial charge is 0.493 e. The SMILES string of the molecule is COc1cc(C=CC(=O)Nc2ccc(C)c(C)c2)ccc1OCc1c(C)noc1C. The van der Waals surface area contributed by atoms with Gasteiger partial charge < -0.3 is 19.3 Å². The van der Waals surface area contributed by atoms with Gasteiger partial charge in [0.1, 0.15) is 12.4 Å². The van der Waals surface area contributed by atoms with E-state index in [0.717, 1.165) is 33.8 Å². The van der Waals surface area contributed by atoms with E-state index in [1.54, 1.807) is 13.2 Å². The zero-order valence-electron chi connectivity index (χ0n) is 17.9. The van der Waals surface area contributed by atoms with Crippen LogP contribution in [0.4, 0.5) is 5.69 Å². The van der Waals surface area contributed by atoms with Crippen LogP contribution in [0.3, 0.4) is 0 Å². The third-order valence-corrected chi connectivity index (χ3v) is 4.94.